The first-order valence-corrected chi connectivity index (χ1v) is 10.4. The van der Waals surface area contributed by atoms with Crippen molar-refractivity contribution in [2.75, 3.05) is 5.32 Å². The molecular formula is C27H22N2O2. The lowest BCUT2D eigenvalue weighted by atomic mass is 9.99. The van der Waals surface area contributed by atoms with E-state index in [4.69, 9.17) is 4.98 Å². The normalized spacial score (nSPS) is 13.0. The van der Waals surface area contributed by atoms with Crippen LogP contribution in [0.3, 0.4) is 0 Å². The number of carboxylic acids is 1. The number of aromatic nitrogens is 1. The van der Waals surface area contributed by atoms with E-state index in [2.05, 4.69) is 17.4 Å². The van der Waals surface area contributed by atoms with E-state index in [1.807, 2.05) is 66.7 Å². The third-order valence-corrected chi connectivity index (χ3v) is 5.62. The van der Waals surface area contributed by atoms with Crippen LogP contribution >= 0.6 is 0 Å². The molecule has 0 radical (unpaired) electrons. The first-order valence-electron chi connectivity index (χ1n) is 10.4. The molecule has 31 heavy (non-hydrogen) atoms. The zero-order valence-corrected chi connectivity index (χ0v) is 17.0. The van der Waals surface area contributed by atoms with E-state index in [-0.39, 0.29) is 5.56 Å². The van der Waals surface area contributed by atoms with Gasteiger partial charge in [-0.2, -0.15) is 0 Å². The molecule has 0 spiro atoms. The Balaban J connectivity index is 1.56. The summed E-state index contributed by atoms with van der Waals surface area (Å²) >= 11 is 0. The predicted octanol–water partition coefficient (Wildman–Crippen LogP) is 6.73. The van der Waals surface area contributed by atoms with Crippen molar-refractivity contribution in [3.05, 3.63) is 102 Å². The molecule has 4 aromatic rings. The standard InChI is InChI=1S/C27H22N2O2/c30-27(31)24-15-21(18-11-12-18)13-14-25(24)29-22-16-23(19-7-3-1-4-8-19)26(28-17-22)20-9-5-2-6-10-20/h1-10,13-18,29H,11-12H2,(H,30,31). The zero-order chi connectivity index (χ0) is 21.2. The number of aromatic carboxylic acids is 1. The van der Waals surface area contributed by atoms with Crippen molar-refractivity contribution in [3.8, 4) is 22.4 Å². The quantitative estimate of drug-likeness (QED) is 0.372. The highest BCUT2D eigenvalue weighted by Gasteiger charge is 2.25. The van der Waals surface area contributed by atoms with E-state index in [1.165, 1.54) is 0 Å². The van der Waals surface area contributed by atoms with Crippen molar-refractivity contribution in [1.82, 2.24) is 4.98 Å². The second kappa shape index (κ2) is 8.07. The third kappa shape index (κ3) is 4.05. The Bertz CT molecular complexity index is 1230. The number of benzene rings is 3. The van der Waals surface area contributed by atoms with Gasteiger partial charge in [0, 0.05) is 11.1 Å². The molecule has 0 bridgehead atoms. The highest BCUT2D eigenvalue weighted by atomic mass is 16.4. The SMILES string of the molecule is O=C(O)c1cc(C2CC2)ccc1Nc1cnc(-c2ccccc2)c(-c2ccccc2)c1. The van der Waals surface area contributed by atoms with Crippen LogP contribution in [0.1, 0.15) is 34.7 Å². The van der Waals surface area contributed by atoms with E-state index in [0.717, 1.165) is 46.5 Å². The number of nitrogens with zero attached hydrogens (tertiary/aromatic N) is 1. The van der Waals surface area contributed by atoms with Gasteiger partial charge in [-0.05, 0) is 48.1 Å². The van der Waals surface area contributed by atoms with Crippen LogP contribution in [0.5, 0.6) is 0 Å². The van der Waals surface area contributed by atoms with Crippen molar-refractivity contribution in [1.29, 1.82) is 0 Å². The molecule has 1 aliphatic carbocycles. The topological polar surface area (TPSA) is 62.2 Å². The molecule has 0 unspecified atom stereocenters. The molecule has 2 N–H and O–H groups in total. The van der Waals surface area contributed by atoms with Crippen molar-refractivity contribution in [2.24, 2.45) is 0 Å². The molecule has 0 atom stereocenters. The fourth-order valence-corrected chi connectivity index (χ4v) is 3.87. The van der Waals surface area contributed by atoms with Gasteiger partial charge < -0.3 is 10.4 Å². The Hall–Kier alpha value is -3.92. The molecule has 0 saturated heterocycles. The molecule has 152 valence electrons. The van der Waals surface area contributed by atoms with Crippen molar-refractivity contribution in [2.45, 2.75) is 18.8 Å². The summed E-state index contributed by atoms with van der Waals surface area (Å²) in [5.74, 6) is -0.425. The molecule has 0 aliphatic heterocycles. The van der Waals surface area contributed by atoms with Crippen LogP contribution in [0, 0.1) is 0 Å². The smallest absolute Gasteiger partial charge is 0.337 e. The van der Waals surface area contributed by atoms with E-state index >= 15 is 0 Å². The molecule has 4 nitrogen and oxygen atoms in total. The molecular weight excluding hydrogens is 384 g/mol. The maximum Gasteiger partial charge on any atom is 0.337 e. The number of carboxylic acid groups (broad SMARTS) is 1. The Labute approximate surface area is 181 Å². The molecule has 1 aliphatic rings. The number of carbonyl (C=O) groups is 1. The summed E-state index contributed by atoms with van der Waals surface area (Å²) in [4.78, 5) is 16.6. The predicted molar refractivity (Wildman–Crippen MR) is 124 cm³/mol. The number of rotatable bonds is 6. The molecule has 5 rings (SSSR count). The number of hydrogen-bond donors (Lipinski definition) is 2. The van der Waals surface area contributed by atoms with Crippen LogP contribution < -0.4 is 5.32 Å². The van der Waals surface area contributed by atoms with E-state index < -0.39 is 5.97 Å². The molecule has 0 amide bonds. The van der Waals surface area contributed by atoms with E-state index in [1.54, 1.807) is 12.3 Å². The molecule has 1 aromatic heterocycles. The average Bonchev–Trinajstić information content (AvgIpc) is 3.66. The monoisotopic (exact) mass is 406 g/mol. The fourth-order valence-electron chi connectivity index (χ4n) is 3.87. The number of pyridine rings is 1. The van der Waals surface area contributed by atoms with Gasteiger partial charge in [0.15, 0.2) is 0 Å². The summed E-state index contributed by atoms with van der Waals surface area (Å²) in [6.07, 6.45) is 4.03. The Morgan fingerprint density at radius 1 is 0.871 bits per heavy atom. The minimum absolute atomic E-state index is 0.290. The first-order chi connectivity index (χ1) is 15.2. The molecule has 1 saturated carbocycles. The lowest BCUT2D eigenvalue weighted by Gasteiger charge is -2.15. The van der Waals surface area contributed by atoms with Crippen LogP contribution in [0.15, 0.2) is 91.1 Å². The van der Waals surface area contributed by atoms with Crippen molar-refractivity contribution in [3.63, 3.8) is 0 Å². The van der Waals surface area contributed by atoms with Crippen LogP contribution in [-0.4, -0.2) is 16.1 Å². The number of hydrogen-bond acceptors (Lipinski definition) is 3. The van der Waals surface area contributed by atoms with Gasteiger partial charge in [-0.3, -0.25) is 4.98 Å². The highest BCUT2D eigenvalue weighted by molar-refractivity contribution is 5.96. The third-order valence-electron chi connectivity index (χ3n) is 5.62. The fraction of sp³-hybridized carbons (Fsp3) is 0.111. The molecule has 1 heterocycles. The maximum atomic E-state index is 11.9. The van der Waals surface area contributed by atoms with Crippen molar-refractivity contribution >= 4 is 17.3 Å². The highest BCUT2D eigenvalue weighted by Crippen LogP contribution is 2.41. The van der Waals surface area contributed by atoms with Crippen LogP contribution in [-0.2, 0) is 0 Å². The Kier molecular flexibility index (Phi) is 4.97. The summed E-state index contributed by atoms with van der Waals surface area (Å²) in [7, 11) is 0. The number of nitrogens with one attached hydrogen (secondary N) is 1. The van der Waals surface area contributed by atoms with E-state index in [9.17, 15) is 9.90 Å². The van der Waals surface area contributed by atoms with Gasteiger partial charge in [0.1, 0.15) is 0 Å². The van der Waals surface area contributed by atoms with Gasteiger partial charge in [0.2, 0.25) is 0 Å². The summed E-state index contributed by atoms with van der Waals surface area (Å²) in [6.45, 7) is 0. The van der Waals surface area contributed by atoms with Gasteiger partial charge in [-0.15, -0.1) is 0 Å². The van der Waals surface area contributed by atoms with Gasteiger partial charge >= 0.3 is 5.97 Å². The summed E-state index contributed by atoms with van der Waals surface area (Å²) in [5.41, 5.74) is 6.68. The minimum Gasteiger partial charge on any atom is -0.478 e. The molecule has 1 fully saturated rings. The largest absolute Gasteiger partial charge is 0.478 e. The average molecular weight is 406 g/mol. The zero-order valence-electron chi connectivity index (χ0n) is 17.0. The molecule has 4 heteroatoms. The summed E-state index contributed by atoms with van der Waals surface area (Å²) in [5, 5.41) is 13.0. The van der Waals surface area contributed by atoms with Gasteiger partial charge in [-0.1, -0.05) is 66.7 Å². The van der Waals surface area contributed by atoms with Gasteiger partial charge in [-0.25, -0.2) is 4.79 Å². The molecule has 3 aromatic carbocycles. The Morgan fingerprint density at radius 3 is 2.19 bits per heavy atom. The summed E-state index contributed by atoms with van der Waals surface area (Å²) < 4.78 is 0. The summed E-state index contributed by atoms with van der Waals surface area (Å²) in [6, 6.07) is 27.9. The van der Waals surface area contributed by atoms with Crippen LogP contribution in [0.25, 0.3) is 22.4 Å². The lowest BCUT2D eigenvalue weighted by molar-refractivity contribution is 0.0698. The second-order valence-electron chi connectivity index (χ2n) is 7.86. The minimum atomic E-state index is -0.929. The van der Waals surface area contributed by atoms with Crippen LogP contribution in [0.2, 0.25) is 0 Å². The first kappa shape index (κ1) is 19.1. The van der Waals surface area contributed by atoms with Gasteiger partial charge in [0.05, 0.1) is 28.8 Å². The van der Waals surface area contributed by atoms with E-state index in [0.29, 0.717) is 11.6 Å². The lowest BCUT2D eigenvalue weighted by Crippen LogP contribution is -2.04. The van der Waals surface area contributed by atoms with Gasteiger partial charge in [0.25, 0.3) is 0 Å². The van der Waals surface area contributed by atoms with Crippen molar-refractivity contribution < 1.29 is 9.90 Å². The Morgan fingerprint density at radius 2 is 1.55 bits per heavy atom. The maximum absolute atomic E-state index is 11.9. The second-order valence-corrected chi connectivity index (χ2v) is 7.86. The van der Waals surface area contributed by atoms with Crippen LogP contribution in [0.4, 0.5) is 11.4 Å². The number of anilines is 2.